The van der Waals surface area contributed by atoms with Gasteiger partial charge in [0.05, 0.1) is 18.9 Å². The highest BCUT2D eigenvalue weighted by Gasteiger charge is 2.22. The van der Waals surface area contributed by atoms with Gasteiger partial charge in [-0.2, -0.15) is 0 Å². The fraction of sp³-hybridized carbons (Fsp3) is 0.261. The number of carbonyl (C=O) groups excluding carboxylic acids is 2. The fourth-order valence-corrected chi connectivity index (χ4v) is 4.53. The SMILES string of the molecule is Cc1nc(-c2ccc(Cl)cc2)sc1C(=O)Nc1cccc(C(=O)N2CCOCC2)c1C. The van der Waals surface area contributed by atoms with E-state index in [1.165, 1.54) is 11.3 Å². The van der Waals surface area contributed by atoms with Crippen molar-refractivity contribution < 1.29 is 14.3 Å². The third-order valence-corrected chi connectivity index (χ3v) is 6.66. The van der Waals surface area contributed by atoms with Gasteiger partial charge in [0, 0.05) is 34.9 Å². The van der Waals surface area contributed by atoms with Crippen molar-refractivity contribution in [2.45, 2.75) is 13.8 Å². The summed E-state index contributed by atoms with van der Waals surface area (Å²) in [7, 11) is 0. The lowest BCUT2D eigenvalue weighted by Gasteiger charge is -2.27. The molecule has 4 rings (SSSR count). The number of hydrogen-bond acceptors (Lipinski definition) is 5. The van der Waals surface area contributed by atoms with Crippen molar-refractivity contribution in [3.63, 3.8) is 0 Å². The molecule has 0 unspecified atom stereocenters. The zero-order valence-corrected chi connectivity index (χ0v) is 18.8. The number of anilines is 1. The Morgan fingerprint density at radius 1 is 1.10 bits per heavy atom. The molecule has 0 aliphatic carbocycles. The maximum atomic E-state index is 13.0. The molecule has 0 spiro atoms. The van der Waals surface area contributed by atoms with E-state index in [0.29, 0.717) is 53.1 Å². The van der Waals surface area contributed by atoms with Crippen LogP contribution in [-0.2, 0) is 4.74 Å². The van der Waals surface area contributed by atoms with Crippen LogP contribution in [0.4, 0.5) is 5.69 Å². The van der Waals surface area contributed by atoms with Gasteiger partial charge in [-0.1, -0.05) is 29.8 Å². The maximum absolute atomic E-state index is 13.0. The molecule has 0 bridgehead atoms. The summed E-state index contributed by atoms with van der Waals surface area (Å²) in [6.45, 7) is 5.90. The minimum atomic E-state index is -0.241. The van der Waals surface area contributed by atoms with E-state index in [9.17, 15) is 9.59 Å². The smallest absolute Gasteiger partial charge is 0.267 e. The molecule has 0 saturated carbocycles. The topological polar surface area (TPSA) is 71.5 Å². The highest BCUT2D eigenvalue weighted by atomic mass is 35.5. The lowest BCUT2D eigenvalue weighted by atomic mass is 10.0. The van der Waals surface area contributed by atoms with Crippen LogP contribution in [-0.4, -0.2) is 48.0 Å². The first-order valence-electron chi connectivity index (χ1n) is 9.95. The van der Waals surface area contributed by atoms with Crippen LogP contribution in [0.3, 0.4) is 0 Å². The van der Waals surface area contributed by atoms with E-state index >= 15 is 0 Å². The fourth-order valence-electron chi connectivity index (χ4n) is 3.44. The first kappa shape index (κ1) is 21.5. The molecule has 1 aliphatic heterocycles. The van der Waals surface area contributed by atoms with E-state index < -0.39 is 0 Å². The van der Waals surface area contributed by atoms with Crippen molar-refractivity contribution in [1.82, 2.24) is 9.88 Å². The highest BCUT2D eigenvalue weighted by Crippen LogP contribution is 2.30. The van der Waals surface area contributed by atoms with Gasteiger partial charge in [0.15, 0.2) is 0 Å². The van der Waals surface area contributed by atoms with Gasteiger partial charge in [0.2, 0.25) is 0 Å². The summed E-state index contributed by atoms with van der Waals surface area (Å²) in [6, 6.07) is 12.7. The third kappa shape index (κ3) is 4.63. The molecule has 31 heavy (non-hydrogen) atoms. The molecule has 1 fully saturated rings. The Balaban J connectivity index is 1.55. The van der Waals surface area contributed by atoms with E-state index in [0.717, 1.165) is 16.1 Å². The number of morpholine rings is 1. The Morgan fingerprint density at radius 3 is 2.52 bits per heavy atom. The summed E-state index contributed by atoms with van der Waals surface area (Å²) in [5.41, 5.74) is 3.51. The zero-order valence-electron chi connectivity index (χ0n) is 17.3. The normalized spacial score (nSPS) is 13.8. The molecule has 2 amide bonds. The molecule has 1 saturated heterocycles. The maximum Gasteiger partial charge on any atom is 0.267 e. The van der Waals surface area contributed by atoms with Gasteiger partial charge in [-0.25, -0.2) is 4.98 Å². The second-order valence-corrected chi connectivity index (χ2v) is 8.71. The first-order valence-corrected chi connectivity index (χ1v) is 11.1. The standard InChI is InChI=1S/C23H22ClN3O3S/c1-14-18(23(29)27-10-12-30-13-11-27)4-3-5-19(14)26-21(28)20-15(2)25-22(31-20)16-6-8-17(24)9-7-16/h3-9H,10-13H2,1-2H3,(H,26,28). The molecule has 2 heterocycles. The molecule has 3 aromatic rings. The molecule has 8 heteroatoms. The van der Waals surface area contributed by atoms with Crippen LogP contribution in [0.1, 0.15) is 31.3 Å². The van der Waals surface area contributed by atoms with Crippen LogP contribution in [0.25, 0.3) is 10.6 Å². The monoisotopic (exact) mass is 455 g/mol. The number of halogens is 1. The van der Waals surface area contributed by atoms with Crippen LogP contribution in [0.5, 0.6) is 0 Å². The molecular weight excluding hydrogens is 434 g/mol. The van der Waals surface area contributed by atoms with E-state index in [4.69, 9.17) is 16.3 Å². The highest BCUT2D eigenvalue weighted by molar-refractivity contribution is 7.17. The van der Waals surface area contributed by atoms with Crippen LogP contribution >= 0.6 is 22.9 Å². The minimum absolute atomic E-state index is 0.0455. The van der Waals surface area contributed by atoms with Crippen molar-refractivity contribution >= 4 is 40.4 Å². The lowest BCUT2D eigenvalue weighted by molar-refractivity contribution is 0.0302. The van der Waals surface area contributed by atoms with Crippen LogP contribution in [0, 0.1) is 13.8 Å². The number of amides is 2. The number of carbonyl (C=O) groups is 2. The second kappa shape index (κ2) is 9.18. The lowest BCUT2D eigenvalue weighted by Crippen LogP contribution is -2.41. The zero-order chi connectivity index (χ0) is 22.0. The molecule has 0 radical (unpaired) electrons. The van der Waals surface area contributed by atoms with Gasteiger partial charge in [-0.15, -0.1) is 11.3 Å². The first-order chi connectivity index (χ1) is 14.9. The minimum Gasteiger partial charge on any atom is -0.378 e. The number of nitrogens with one attached hydrogen (secondary N) is 1. The predicted molar refractivity (Wildman–Crippen MR) is 123 cm³/mol. The quantitative estimate of drug-likeness (QED) is 0.613. The Kier molecular flexibility index (Phi) is 6.36. The predicted octanol–water partition coefficient (Wildman–Crippen LogP) is 4.81. The van der Waals surface area contributed by atoms with Gasteiger partial charge in [0.25, 0.3) is 11.8 Å². The number of aromatic nitrogens is 1. The molecule has 0 atom stereocenters. The third-order valence-electron chi connectivity index (χ3n) is 5.20. The van der Waals surface area contributed by atoms with Gasteiger partial charge >= 0.3 is 0 Å². The number of thiazole rings is 1. The number of ether oxygens (including phenoxy) is 1. The number of aryl methyl sites for hydroxylation is 1. The molecule has 1 aromatic heterocycles. The van der Waals surface area contributed by atoms with Crippen LogP contribution in [0.15, 0.2) is 42.5 Å². The Labute approximate surface area is 189 Å². The number of hydrogen-bond donors (Lipinski definition) is 1. The van der Waals surface area contributed by atoms with Crippen molar-refractivity contribution in [2.24, 2.45) is 0 Å². The van der Waals surface area contributed by atoms with Crippen molar-refractivity contribution in [2.75, 3.05) is 31.6 Å². The molecule has 160 valence electrons. The van der Waals surface area contributed by atoms with Crippen molar-refractivity contribution in [3.8, 4) is 10.6 Å². The van der Waals surface area contributed by atoms with Gasteiger partial charge < -0.3 is 15.0 Å². The van der Waals surface area contributed by atoms with Crippen molar-refractivity contribution in [1.29, 1.82) is 0 Å². The Bertz CT molecular complexity index is 1120. The molecule has 1 N–H and O–H groups in total. The number of nitrogens with zero attached hydrogens (tertiary/aromatic N) is 2. The van der Waals surface area contributed by atoms with E-state index in [-0.39, 0.29) is 11.8 Å². The average Bonchev–Trinajstić information content (AvgIpc) is 3.17. The largest absolute Gasteiger partial charge is 0.378 e. The average molecular weight is 456 g/mol. The van der Waals surface area contributed by atoms with Gasteiger partial charge in [0.1, 0.15) is 9.88 Å². The summed E-state index contributed by atoms with van der Waals surface area (Å²) in [5.74, 6) is -0.287. The Hall–Kier alpha value is -2.74. The van der Waals surface area contributed by atoms with Crippen molar-refractivity contribution in [3.05, 3.63) is 69.2 Å². The molecule has 6 nitrogen and oxygen atoms in total. The molecule has 1 aliphatic rings. The molecule has 2 aromatic carbocycles. The van der Waals surface area contributed by atoms with E-state index in [1.807, 2.05) is 26.0 Å². The number of benzene rings is 2. The summed E-state index contributed by atoms with van der Waals surface area (Å²) < 4.78 is 5.33. The number of rotatable bonds is 4. The molecular formula is C23H22ClN3O3S. The van der Waals surface area contributed by atoms with Crippen LogP contribution in [0.2, 0.25) is 5.02 Å². The summed E-state index contributed by atoms with van der Waals surface area (Å²) in [4.78, 5) is 32.8. The van der Waals surface area contributed by atoms with E-state index in [1.54, 1.807) is 35.2 Å². The van der Waals surface area contributed by atoms with Gasteiger partial charge in [-0.05, 0) is 43.7 Å². The Morgan fingerprint density at radius 2 is 1.81 bits per heavy atom. The summed E-state index contributed by atoms with van der Waals surface area (Å²) >= 11 is 7.29. The second-order valence-electron chi connectivity index (χ2n) is 7.28. The summed E-state index contributed by atoms with van der Waals surface area (Å²) in [6.07, 6.45) is 0. The van der Waals surface area contributed by atoms with E-state index in [2.05, 4.69) is 10.3 Å². The van der Waals surface area contributed by atoms with Crippen LogP contribution < -0.4 is 5.32 Å². The summed E-state index contributed by atoms with van der Waals surface area (Å²) in [5, 5.41) is 4.36. The van der Waals surface area contributed by atoms with Gasteiger partial charge in [-0.3, -0.25) is 9.59 Å².